The molecule has 2 rings (SSSR count). The van der Waals surface area contributed by atoms with Crippen molar-refractivity contribution in [2.24, 2.45) is 5.73 Å². The van der Waals surface area contributed by atoms with Gasteiger partial charge in [0.2, 0.25) is 0 Å². The highest BCUT2D eigenvalue weighted by Crippen LogP contribution is 2.23. The molecule has 5 nitrogen and oxygen atoms in total. The van der Waals surface area contributed by atoms with E-state index in [4.69, 9.17) is 11.1 Å². The fraction of sp³-hybridized carbons (Fsp3) is 0.0714. The zero-order chi connectivity index (χ0) is 15.6. The molecule has 0 aliphatic carbocycles. The normalized spacial score (nSPS) is 11.1. The lowest BCUT2D eigenvalue weighted by Gasteiger charge is -2.13. The number of amidine groups is 1. The summed E-state index contributed by atoms with van der Waals surface area (Å²) < 4.78 is 40.7. The number of nitrogens with one attached hydrogen (secondary N) is 2. The molecule has 4 N–H and O–H groups in total. The van der Waals surface area contributed by atoms with Crippen LogP contribution >= 0.6 is 0 Å². The van der Waals surface area contributed by atoms with Crippen molar-refractivity contribution >= 4 is 21.5 Å². The molecule has 0 saturated carbocycles. The maximum absolute atomic E-state index is 13.7. The Morgan fingerprint density at radius 1 is 1.19 bits per heavy atom. The van der Waals surface area contributed by atoms with Crippen molar-refractivity contribution in [2.75, 3.05) is 4.72 Å². The molecule has 0 aliphatic rings. The Morgan fingerprint density at radius 2 is 1.86 bits per heavy atom. The van der Waals surface area contributed by atoms with Crippen LogP contribution in [0.25, 0.3) is 0 Å². The number of anilines is 1. The van der Waals surface area contributed by atoms with Gasteiger partial charge in [-0.2, -0.15) is 0 Å². The topological polar surface area (TPSA) is 96.0 Å². The van der Waals surface area contributed by atoms with Gasteiger partial charge in [0.15, 0.2) is 0 Å². The van der Waals surface area contributed by atoms with Crippen LogP contribution in [0.2, 0.25) is 0 Å². The number of sulfonamides is 1. The average Bonchev–Trinajstić information content (AvgIpc) is 2.38. The lowest BCUT2D eigenvalue weighted by molar-refractivity contribution is 0.600. The second-order valence-electron chi connectivity index (χ2n) is 4.45. The molecule has 0 bridgehead atoms. The van der Waals surface area contributed by atoms with Crippen LogP contribution < -0.4 is 10.5 Å². The summed E-state index contributed by atoms with van der Waals surface area (Å²) in [5.74, 6) is -1.30. The smallest absolute Gasteiger partial charge is 0.262 e. The molecule has 0 fully saturated rings. The predicted molar refractivity (Wildman–Crippen MR) is 79.4 cm³/mol. The zero-order valence-electron chi connectivity index (χ0n) is 11.2. The number of halogens is 1. The van der Waals surface area contributed by atoms with Crippen molar-refractivity contribution in [3.63, 3.8) is 0 Å². The van der Waals surface area contributed by atoms with Gasteiger partial charge in [-0.3, -0.25) is 10.1 Å². The van der Waals surface area contributed by atoms with Gasteiger partial charge in [-0.15, -0.1) is 0 Å². The number of aryl methyl sites for hydroxylation is 1. The predicted octanol–water partition coefficient (Wildman–Crippen LogP) is 2.22. The minimum Gasteiger partial charge on any atom is -0.384 e. The van der Waals surface area contributed by atoms with Crippen molar-refractivity contribution in [3.8, 4) is 0 Å². The van der Waals surface area contributed by atoms with Crippen LogP contribution in [-0.4, -0.2) is 14.3 Å². The first-order chi connectivity index (χ1) is 9.83. The SMILES string of the molecule is Cc1ccccc1S(=O)(=O)Nc1cccc(F)c1C(=N)N. The maximum Gasteiger partial charge on any atom is 0.262 e. The Kier molecular flexibility index (Phi) is 3.95. The third-order valence-electron chi connectivity index (χ3n) is 2.91. The summed E-state index contributed by atoms with van der Waals surface area (Å²) in [5, 5.41) is 7.37. The van der Waals surface area contributed by atoms with Crippen molar-refractivity contribution in [3.05, 3.63) is 59.4 Å². The summed E-state index contributed by atoms with van der Waals surface area (Å²) in [6, 6.07) is 10.2. The van der Waals surface area contributed by atoms with Crippen LogP contribution in [0.5, 0.6) is 0 Å². The van der Waals surface area contributed by atoms with Crippen molar-refractivity contribution in [1.29, 1.82) is 5.41 Å². The monoisotopic (exact) mass is 307 g/mol. The standard InChI is InChI=1S/C14H14FN3O2S/c1-9-5-2-3-8-12(9)21(19,20)18-11-7-4-6-10(15)13(11)14(16)17/h2-8,18H,1H3,(H3,16,17). The van der Waals surface area contributed by atoms with E-state index in [1.807, 2.05) is 0 Å². The lowest BCUT2D eigenvalue weighted by atomic mass is 10.1. The Morgan fingerprint density at radius 3 is 2.48 bits per heavy atom. The van der Waals surface area contributed by atoms with E-state index in [0.717, 1.165) is 6.07 Å². The Bertz CT molecular complexity index is 804. The van der Waals surface area contributed by atoms with E-state index < -0.39 is 21.7 Å². The maximum atomic E-state index is 13.7. The molecular weight excluding hydrogens is 293 g/mol. The summed E-state index contributed by atoms with van der Waals surface area (Å²) in [7, 11) is -3.89. The van der Waals surface area contributed by atoms with Crippen LogP contribution in [0.3, 0.4) is 0 Å². The molecular formula is C14H14FN3O2S. The number of benzene rings is 2. The van der Waals surface area contributed by atoms with Gasteiger partial charge in [-0.1, -0.05) is 24.3 Å². The summed E-state index contributed by atoms with van der Waals surface area (Å²) >= 11 is 0. The second-order valence-corrected chi connectivity index (χ2v) is 6.10. The number of hydrogen-bond acceptors (Lipinski definition) is 3. The summed E-state index contributed by atoms with van der Waals surface area (Å²) in [5.41, 5.74) is 5.54. The van der Waals surface area contributed by atoms with Gasteiger partial charge in [0.1, 0.15) is 11.7 Å². The molecule has 0 atom stereocenters. The first kappa shape index (κ1) is 15.0. The molecule has 2 aromatic carbocycles. The van der Waals surface area contributed by atoms with Gasteiger partial charge in [0.05, 0.1) is 16.1 Å². The highest BCUT2D eigenvalue weighted by Gasteiger charge is 2.20. The van der Waals surface area contributed by atoms with E-state index in [9.17, 15) is 12.8 Å². The number of nitrogen functional groups attached to an aromatic ring is 1. The van der Waals surface area contributed by atoms with E-state index in [2.05, 4.69) is 4.72 Å². The first-order valence-corrected chi connectivity index (χ1v) is 7.52. The Labute approximate surface area is 122 Å². The Hall–Kier alpha value is -2.41. The van der Waals surface area contributed by atoms with E-state index in [1.54, 1.807) is 25.1 Å². The van der Waals surface area contributed by atoms with Crippen LogP contribution in [0.4, 0.5) is 10.1 Å². The average molecular weight is 307 g/mol. The molecule has 0 unspecified atom stereocenters. The fourth-order valence-corrected chi connectivity index (χ4v) is 3.26. The minimum atomic E-state index is -3.89. The fourth-order valence-electron chi connectivity index (χ4n) is 1.94. The third kappa shape index (κ3) is 3.03. The molecule has 0 spiro atoms. The quantitative estimate of drug-likeness (QED) is 0.597. The molecule has 0 heterocycles. The van der Waals surface area contributed by atoms with Crippen molar-refractivity contribution < 1.29 is 12.8 Å². The molecule has 0 amide bonds. The number of hydrogen-bond donors (Lipinski definition) is 3. The van der Waals surface area contributed by atoms with Gasteiger partial charge in [0.25, 0.3) is 10.0 Å². The molecule has 0 aromatic heterocycles. The largest absolute Gasteiger partial charge is 0.384 e. The molecule has 0 aliphatic heterocycles. The van der Waals surface area contributed by atoms with Gasteiger partial charge in [-0.05, 0) is 30.7 Å². The molecule has 2 aromatic rings. The van der Waals surface area contributed by atoms with Gasteiger partial charge in [0, 0.05) is 0 Å². The van der Waals surface area contributed by atoms with Crippen LogP contribution in [0, 0.1) is 18.2 Å². The highest BCUT2D eigenvalue weighted by atomic mass is 32.2. The van der Waals surface area contributed by atoms with E-state index >= 15 is 0 Å². The van der Waals surface area contributed by atoms with E-state index in [1.165, 1.54) is 18.2 Å². The molecule has 0 saturated heterocycles. The molecule has 7 heteroatoms. The first-order valence-electron chi connectivity index (χ1n) is 6.04. The minimum absolute atomic E-state index is 0.0641. The summed E-state index contributed by atoms with van der Waals surface area (Å²) in [6.07, 6.45) is 0. The molecule has 0 radical (unpaired) electrons. The number of nitrogens with two attached hydrogens (primary N) is 1. The van der Waals surface area contributed by atoms with Crippen molar-refractivity contribution in [1.82, 2.24) is 0 Å². The number of rotatable bonds is 4. The second kappa shape index (κ2) is 5.53. The van der Waals surface area contributed by atoms with Gasteiger partial charge in [-0.25, -0.2) is 12.8 Å². The summed E-state index contributed by atoms with van der Waals surface area (Å²) in [4.78, 5) is 0.0868. The molecule has 110 valence electrons. The zero-order valence-corrected chi connectivity index (χ0v) is 12.0. The van der Waals surface area contributed by atoms with Gasteiger partial charge >= 0.3 is 0 Å². The van der Waals surface area contributed by atoms with Crippen LogP contribution in [0.15, 0.2) is 47.4 Å². The van der Waals surface area contributed by atoms with Crippen LogP contribution in [0.1, 0.15) is 11.1 Å². The lowest BCUT2D eigenvalue weighted by Crippen LogP contribution is -2.20. The third-order valence-corrected chi connectivity index (χ3v) is 4.44. The van der Waals surface area contributed by atoms with Crippen LogP contribution in [-0.2, 0) is 10.0 Å². The van der Waals surface area contributed by atoms with E-state index in [0.29, 0.717) is 5.56 Å². The summed E-state index contributed by atoms with van der Waals surface area (Å²) in [6.45, 7) is 1.66. The Balaban J connectivity index is 2.50. The van der Waals surface area contributed by atoms with Crippen molar-refractivity contribution in [2.45, 2.75) is 11.8 Å². The van der Waals surface area contributed by atoms with E-state index in [-0.39, 0.29) is 16.1 Å². The highest BCUT2D eigenvalue weighted by molar-refractivity contribution is 7.92. The van der Waals surface area contributed by atoms with Gasteiger partial charge < -0.3 is 5.73 Å². The molecule has 21 heavy (non-hydrogen) atoms.